The van der Waals surface area contributed by atoms with Crippen molar-refractivity contribution >= 4 is 36.8 Å². The fraction of sp³-hybridized carbons (Fsp3) is 0.0714. The summed E-state index contributed by atoms with van der Waals surface area (Å²) in [5.41, 5.74) is 1.78. The fourth-order valence-corrected chi connectivity index (χ4v) is 3.05. The molecular weight excluding hydrogens is 356 g/mol. The van der Waals surface area contributed by atoms with Gasteiger partial charge in [-0.2, -0.15) is 0 Å². The number of fused-ring (bicyclic) bond motifs is 1. The molecule has 2 N–H and O–H groups in total. The van der Waals surface area contributed by atoms with Gasteiger partial charge >= 0.3 is 0 Å². The SMILES string of the molecule is CS(=O)(=O)c1ccc2nc(-c3cc(Br)ccc3O)[nH]c2c1. The Morgan fingerprint density at radius 1 is 1.19 bits per heavy atom. The number of halogens is 1. The zero-order valence-corrected chi connectivity index (χ0v) is 13.4. The van der Waals surface area contributed by atoms with Crippen molar-refractivity contribution in [3.8, 4) is 17.1 Å². The monoisotopic (exact) mass is 366 g/mol. The molecule has 2 aromatic carbocycles. The van der Waals surface area contributed by atoms with E-state index in [0.29, 0.717) is 22.4 Å². The van der Waals surface area contributed by atoms with Crippen molar-refractivity contribution in [2.75, 3.05) is 6.26 Å². The fourth-order valence-electron chi connectivity index (χ4n) is 2.04. The Balaban J connectivity index is 2.20. The molecule has 0 bridgehead atoms. The van der Waals surface area contributed by atoms with Crippen LogP contribution >= 0.6 is 15.9 Å². The second-order valence-electron chi connectivity index (χ2n) is 4.70. The van der Waals surface area contributed by atoms with E-state index < -0.39 is 9.84 Å². The molecule has 0 saturated carbocycles. The highest BCUT2D eigenvalue weighted by atomic mass is 79.9. The quantitative estimate of drug-likeness (QED) is 0.729. The van der Waals surface area contributed by atoms with Crippen molar-refractivity contribution < 1.29 is 13.5 Å². The number of phenolic OH excluding ortho intramolecular Hbond substituents is 1. The highest BCUT2D eigenvalue weighted by molar-refractivity contribution is 9.10. The Hall–Kier alpha value is -1.86. The van der Waals surface area contributed by atoms with Gasteiger partial charge in [-0.3, -0.25) is 0 Å². The zero-order valence-electron chi connectivity index (χ0n) is 11.0. The maximum absolute atomic E-state index is 11.6. The van der Waals surface area contributed by atoms with E-state index in [-0.39, 0.29) is 10.6 Å². The molecule has 0 atom stereocenters. The number of phenols is 1. The Morgan fingerprint density at radius 3 is 2.67 bits per heavy atom. The van der Waals surface area contributed by atoms with Gasteiger partial charge in [-0.1, -0.05) is 15.9 Å². The van der Waals surface area contributed by atoms with Crippen molar-refractivity contribution in [3.63, 3.8) is 0 Å². The van der Waals surface area contributed by atoms with Crippen molar-refractivity contribution in [1.82, 2.24) is 9.97 Å². The van der Waals surface area contributed by atoms with Gasteiger partial charge in [0.15, 0.2) is 9.84 Å². The van der Waals surface area contributed by atoms with Gasteiger partial charge in [-0.25, -0.2) is 13.4 Å². The molecule has 1 heterocycles. The lowest BCUT2D eigenvalue weighted by molar-refractivity contribution is 0.477. The standard InChI is InChI=1S/C14H11BrN2O3S/c1-21(19,20)9-3-4-11-12(7-9)17-14(16-11)10-6-8(15)2-5-13(10)18/h2-7,18H,1H3,(H,16,17). The van der Waals surface area contributed by atoms with Crippen LogP contribution in [0.5, 0.6) is 5.75 Å². The summed E-state index contributed by atoms with van der Waals surface area (Å²) in [6.07, 6.45) is 1.16. The summed E-state index contributed by atoms with van der Waals surface area (Å²) >= 11 is 3.34. The van der Waals surface area contributed by atoms with Gasteiger partial charge in [-0.05, 0) is 36.4 Å². The molecule has 0 unspecified atom stereocenters. The summed E-state index contributed by atoms with van der Waals surface area (Å²) in [6, 6.07) is 9.72. The third kappa shape index (κ3) is 2.66. The molecule has 0 saturated heterocycles. The van der Waals surface area contributed by atoms with E-state index in [9.17, 15) is 13.5 Å². The Morgan fingerprint density at radius 2 is 1.95 bits per heavy atom. The van der Waals surface area contributed by atoms with Crippen molar-refractivity contribution in [1.29, 1.82) is 0 Å². The first kappa shape index (κ1) is 14.1. The Labute approximate surface area is 129 Å². The predicted molar refractivity (Wildman–Crippen MR) is 84.0 cm³/mol. The molecule has 0 fully saturated rings. The number of aromatic hydroxyl groups is 1. The summed E-state index contributed by atoms with van der Waals surface area (Å²) in [5, 5.41) is 9.92. The average Bonchev–Trinajstić information content (AvgIpc) is 2.83. The lowest BCUT2D eigenvalue weighted by Crippen LogP contribution is -1.96. The van der Waals surface area contributed by atoms with E-state index >= 15 is 0 Å². The predicted octanol–water partition coefficient (Wildman–Crippen LogP) is 3.10. The van der Waals surface area contributed by atoms with Crippen molar-refractivity contribution in [2.45, 2.75) is 4.90 Å². The number of imidazole rings is 1. The summed E-state index contributed by atoms with van der Waals surface area (Å²) in [5.74, 6) is 0.579. The number of H-pyrrole nitrogens is 1. The Bertz CT molecular complexity index is 948. The third-order valence-corrected chi connectivity index (χ3v) is 4.70. The normalized spacial score (nSPS) is 11.9. The van der Waals surface area contributed by atoms with Crippen LogP contribution in [0.3, 0.4) is 0 Å². The van der Waals surface area contributed by atoms with Gasteiger partial charge in [0.05, 0.1) is 21.5 Å². The minimum atomic E-state index is -3.27. The number of aromatic amines is 1. The van der Waals surface area contributed by atoms with Crippen LogP contribution in [0.25, 0.3) is 22.4 Å². The lowest BCUT2D eigenvalue weighted by atomic mass is 10.2. The van der Waals surface area contributed by atoms with Crippen molar-refractivity contribution in [3.05, 3.63) is 40.9 Å². The molecule has 0 amide bonds. The van der Waals surface area contributed by atoms with Gasteiger partial charge in [0, 0.05) is 10.7 Å². The van der Waals surface area contributed by atoms with E-state index in [2.05, 4.69) is 25.9 Å². The van der Waals surface area contributed by atoms with Crippen LogP contribution in [0, 0.1) is 0 Å². The first-order valence-electron chi connectivity index (χ1n) is 6.03. The second kappa shape index (κ2) is 4.85. The summed E-state index contributed by atoms with van der Waals surface area (Å²) in [4.78, 5) is 7.64. The molecule has 5 nitrogen and oxygen atoms in total. The van der Waals surface area contributed by atoms with Gasteiger partial charge in [-0.15, -0.1) is 0 Å². The van der Waals surface area contributed by atoms with Crippen LogP contribution in [0.4, 0.5) is 0 Å². The average molecular weight is 367 g/mol. The maximum Gasteiger partial charge on any atom is 0.175 e. The lowest BCUT2D eigenvalue weighted by Gasteiger charge is -2.01. The molecule has 0 aliphatic rings. The van der Waals surface area contributed by atoms with Gasteiger partial charge in [0.1, 0.15) is 11.6 Å². The summed E-state index contributed by atoms with van der Waals surface area (Å²) in [6.45, 7) is 0. The number of hydrogen-bond donors (Lipinski definition) is 2. The summed E-state index contributed by atoms with van der Waals surface area (Å²) < 4.78 is 24.0. The van der Waals surface area contributed by atoms with Gasteiger partial charge in [0.25, 0.3) is 0 Å². The minimum Gasteiger partial charge on any atom is -0.507 e. The molecule has 0 spiro atoms. The molecule has 1 aromatic heterocycles. The molecule has 108 valence electrons. The van der Waals surface area contributed by atoms with Crippen LogP contribution in [0.2, 0.25) is 0 Å². The van der Waals surface area contributed by atoms with Gasteiger partial charge in [0.2, 0.25) is 0 Å². The smallest absolute Gasteiger partial charge is 0.175 e. The topological polar surface area (TPSA) is 83.1 Å². The van der Waals surface area contributed by atoms with Crippen LogP contribution in [-0.2, 0) is 9.84 Å². The number of aromatic nitrogens is 2. The van der Waals surface area contributed by atoms with E-state index in [4.69, 9.17) is 0 Å². The third-order valence-electron chi connectivity index (χ3n) is 3.10. The minimum absolute atomic E-state index is 0.0978. The van der Waals surface area contributed by atoms with Crippen LogP contribution in [0.15, 0.2) is 45.8 Å². The van der Waals surface area contributed by atoms with Gasteiger partial charge < -0.3 is 10.1 Å². The number of rotatable bonds is 2. The number of hydrogen-bond acceptors (Lipinski definition) is 4. The van der Waals surface area contributed by atoms with E-state index in [1.807, 2.05) is 0 Å². The van der Waals surface area contributed by atoms with Crippen molar-refractivity contribution in [2.24, 2.45) is 0 Å². The van der Waals surface area contributed by atoms with Crippen LogP contribution in [-0.4, -0.2) is 29.7 Å². The molecule has 3 aromatic rings. The van der Waals surface area contributed by atoms with E-state index in [1.165, 1.54) is 12.1 Å². The Kier molecular flexibility index (Phi) is 3.26. The second-order valence-corrected chi connectivity index (χ2v) is 7.63. The highest BCUT2D eigenvalue weighted by Gasteiger charge is 2.13. The number of nitrogens with one attached hydrogen (secondary N) is 1. The van der Waals surface area contributed by atoms with Crippen LogP contribution in [0.1, 0.15) is 0 Å². The largest absolute Gasteiger partial charge is 0.507 e. The molecular formula is C14H11BrN2O3S. The van der Waals surface area contributed by atoms with E-state index in [0.717, 1.165) is 10.7 Å². The summed E-state index contributed by atoms with van der Waals surface area (Å²) in [7, 11) is -3.27. The molecule has 0 aliphatic carbocycles. The molecule has 0 aliphatic heterocycles. The van der Waals surface area contributed by atoms with E-state index in [1.54, 1.807) is 24.3 Å². The highest BCUT2D eigenvalue weighted by Crippen LogP contribution is 2.31. The van der Waals surface area contributed by atoms with Crippen LogP contribution < -0.4 is 0 Å². The number of benzene rings is 2. The molecule has 3 rings (SSSR count). The number of sulfone groups is 1. The first-order valence-corrected chi connectivity index (χ1v) is 8.72. The maximum atomic E-state index is 11.6. The number of nitrogens with zero attached hydrogens (tertiary/aromatic N) is 1. The zero-order chi connectivity index (χ0) is 15.2. The first-order chi connectivity index (χ1) is 9.84. The molecule has 7 heteroatoms. The molecule has 21 heavy (non-hydrogen) atoms. The molecule has 0 radical (unpaired) electrons.